The molecule has 6 heteroatoms. The van der Waals surface area contributed by atoms with Gasteiger partial charge in [-0.15, -0.1) is 0 Å². The van der Waals surface area contributed by atoms with Gasteiger partial charge in [-0.25, -0.2) is 9.37 Å². The fourth-order valence-electron chi connectivity index (χ4n) is 5.83. The largest absolute Gasteiger partial charge is 0.377 e. The number of rotatable bonds is 9. The first-order chi connectivity index (χ1) is 17.2. The second kappa shape index (κ2) is 11.8. The highest BCUT2D eigenvalue weighted by molar-refractivity contribution is 5.47. The molecule has 2 fully saturated rings. The number of aromatic nitrogens is 1. The Morgan fingerprint density at radius 1 is 1.17 bits per heavy atom. The molecule has 2 aromatic rings. The molecule has 0 bridgehead atoms. The highest BCUT2D eigenvalue weighted by atomic mass is 19.1. The van der Waals surface area contributed by atoms with Gasteiger partial charge in [-0.05, 0) is 88.0 Å². The Kier molecular flexibility index (Phi) is 8.32. The fraction of sp³-hybridized carbons (Fsp3) is 0.621. The van der Waals surface area contributed by atoms with Crippen molar-refractivity contribution >= 4 is 5.82 Å². The quantitative estimate of drug-likeness (QED) is 0.446. The fourth-order valence-corrected chi connectivity index (χ4v) is 5.83. The van der Waals surface area contributed by atoms with Gasteiger partial charge in [0.15, 0.2) is 0 Å². The summed E-state index contributed by atoms with van der Waals surface area (Å²) in [5, 5.41) is 3.42. The maximum Gasteiger partial charge on any atom is 0.129 e. The first-order valence-electron chi connectivity index (χ1n) is 13.7. The van der Waals surface area contributed by atoms with Gasteiger partial charge in [0.25, 0.3) is 0 Å². The van der Waals surface area contributed by atoms with Crippen LogP contribution in [-0.2, 0) is 22.3 Å². The van der Waals surface area contributed by atoms with Gasteiger partial charge in [0, 0.05) is 50.1 Å². The zero-order valence-corrected chi connectivity index (χ0v) is 21.1. The Morgan fingerprint density at radius 2 is 2.11 bits per heavy atom. The summed E-state index contributed by atoms with van der Waals surface area (Å²) in [5.74, 6) is 0.958. The molecule has 1 aromatic heterocycles. The van der Waals surface area contributed by atoms with E-state index in [2.05, 4.69) is 35.3 Å². The summed E-state index contributed by atoms with van der Waals surface area (Å²) >= 11 is 0. The van der Waals surface area contributed by atoms with E-state index in [1.807, 2.05) is 6.07 Å². The maximum atomic E-state index is 14.9. The lowest BCUT2D eigenvalue weighted by Crippen LogP contribution is -2.28. The number of pyridine rings is 1. The van der Waals surface area contributed by atoms with E-state index in [1.165, 1.54) is 17.7 Å². The van der Waals surface area contributed by atoms with Crippen molar-refractivity contribution in [3.05, 3.63) is 58.5 Å². The van der Waals surface area contributed by atoms with E-state index in [0.717, 1.165) is 101 Å². The average Bonchev–Trinajstić information content (AvgIpc) is 3.37. The topological polar surface area (TPSA) is 46.6 Å². The first-order valence-corrected chi connectivity index (χ1v) is 13.7. The zero-order chi connectivity index (χ0) is 24.0. The molecular weight excluding hydrogens is 441 g/mol. The maximum absolute atomic E-state index is 14.9. The van der Waals surface area contributed by atoms with E-state index in [1.54, 1.807) is 6.07 Å². The van der Waals surface area contributed by atoms with Crippen molar-refractivity contribution in [1.82, 2.24) is 9.88 Å². The molecule has 5 rings (SSSR count). The average molecular weight is 482 g/mol. The summed E-state index contributed by atoms with van der Waals surface area (Å²) < 4.78 is 27.1. The third-order valence-corrected chi connectivity index (χ3v) is 7.90. The van der Waals surface area contributed by atoms with E-state index >= 15 is 0 Å². The van der Waals surface area contributed by atoms with Crippen LogP contribution >= 0.6 is 0 Å². The molecule has 1 N–H and O–H groups in total. The molecule has 0 radical (unpaired) electrons. The minimum absolute atomic E-state index is 0.113. The van der Waals surface area contributed by atoms with Crippen LogP contribution in [0.1, 0.15) is 86.4 Å². The van der Waals surface area contributed by atoms with E-state index in [0.29, 0.717) is 0 Å². The number of nitrogens with zero attached hydrogens (tertiary/aromatic N) is 2. The highest BCUT2D eigenvalue weighted by Gasteiger charge is 2.31. The van der Waals surface area contributed by atoms with Crippen molar-refractivity contribution in [2.45, 2.75) is 83.0 Å². The van der Waals surface area contributed by atoms with Crippen molar-refractivity contribution in [1.29, 1.82) is 0 Å². The Morgan fingerprint density at radius 3 is 3.00 bits per heavy atom. The van der Waals surface area contributed by atoms with Gasteiger partial charge in [-0.2, -0.15) is 0 Å². The number of hydrogen-bond donors (Lipinski definition) is 1. The van der Waals surface area contributed by atoms with Crippen LogP contribution in [0.2, 0.25) is 0 Å². The number of unbranched alkanes of at least 4 members (excludes halogenated alkanes) is 1. The summed E-state index contributed by atoms with van der Waals surface area (Å²) in [6.45, 7) is 6.64. The predicted octanol–water partition coefficient (Wildman–Crippen LogP) is 6.00. The van der Waals surface area contributed by atoms with Crippen molar-refractivity contribution in [2.24, 2.45) is 0 Å². The minimum atomic E-state index is -0.127. The second-order valence-corrected chi connectivity index (χ2v) is 10.3. The molecule has 0 spiro atoms. The van der Waals surface area contributed by atoms with Crippen molar-refractivity contribution in [3.8, 4) is 0 Å². The SMILES string of the molecule is CC(c1cccc(F)c1C1CCCCO1)N1CCC(OCCCCc2ccc3c(n2)NCCC3)C1. The second-order valence-electron chi connectivity index (χ2n) is 10.3. The number of nitrogens with one attached hydrogen (secondary N) is 1. The molecule has 0 amide bonds. The van der Waals surface area contributed by atoms with Crippen LogP contribution in [0.25, 0.3) is 0 Å². The number of halogens is 1. The van der Waals surface area contributed by atoms with E-state index in [-0.39, 0.29) is 24.1 Å². The van der Waals surface area contributed by atoms with Gasteiger partial charge in [-0.3, -0.25) is 4.90 Å². The molecule has 4 heterocycles. The number of hydrogen-bond acceptors (Lipinski definition) is 5. The van der Waals surface area contributed by atoms with Gasteiger partial charge in [0.1, 0.15) is 11.6 Å². The van der Waals surface area contributed by atoms with Gasteiger partial charge >= 0.3 is 0 Å². The highest BCUT2D eigenvalue weighted by Crippen LogP contribution is 2.37. The van der Waals surface area contributed by atoms with E-state index in [9.17, 15) is 4.39 Å². The third kappa shape index (κ3) is 6.04. The summed E-state index contributed by atoms with van der Waals surface area (Å²) in [7, 11) is 0. The minimum Gasteiger partial charge on any atom is -0.377 e. The molecule has 5 nitrogen and oxygen atoms in total. The van der Waals surface area contributed by atoms with Crippen molar-refractivity contribution in [2.75, 3.05) is 38.2 Å². The Labute approximate surface area is 209 Å². The zero-order valence-electron chi connectivity index (χ0n) is 21.1. The Balaban J connectivity index is 1.08. The molecule has 190 valence electrons. The molecular formula is C29H40FN3O2. The lowest BCUT2D eigenvalue weighted by molar-refractivity contribution is 0.0113. The number of anilines is 1. The van der Waals surface area contributed by atoms with Crippen LogP contribution in [-0.4, -0.2) is 48.8 Å². The molecule has 3 unspecified atom stereocenters. The van der Waals surface area contributed by atoms with Gasteiger partial charge in [0.2, 0.25) is 0 Å². The van der Waals surface area contributed by atoms with Gasteiger partial charge < -0.3 is 14.8 Å². The molecule has 3 aliphatic rings. The van der Waals surface area contributed by atoms with E-state index in [4.69, 9.17) is 14.5 Å². The van der Waals surface area contributed by atoms with Crippen LogP contribution in [0.3, 0.4) is 0 Å². The number of likely N-dealkylation sites (tertiary alicyclic amines) is 1. The molecule has 0 saturated carbocycles. The molecule has 35 heavy (non-hydrogen) atoms. The van der Waals surface area contributed by atoms with Gasteiger partial charge in [0.05, 0.1) is 12.2 Å². The number of fused-ring (bicyclic) bond motifs is 1. The van der Waals surface area contributed by atoms with Gasteiger partial charge in [-0.1, -0.05) is 18.2 Å². The van der Waals surface area contributed by atoms with Crippen LogP contribution in [0.5, 0.6) is 0 Å². The summed E-state index contributed by atoms with van der Waals surface area (Å²) in [4.78, 5) is 7.24. The predicted molar refractivity (Wildman–Crippen MR) is 137 cm³/mol. The molecule has 0 aliphatic carbocycles. The number of benzene rings is 1. The number of aryl methyl sites for hydroxylation is 2. The van der Waals surface area contributed by atoms with Crippen molar-refractivity contribution in [3.63, 3.8) is 0 Å². The standard InChI is InChI=1S/C29H40FN3O2/c1-21(25-10-6-11-26(30)28(25)27-12-3-5-19-35-27)33-17-15-24(20-33)34-18-4-2-9-23-14-13-22-8-7-16-31-29(22)32-23/h6,10-11,13-14,21,24,27H,2-5,7-9,12,15-20H2,1H3,(H,31,32). The normalized spacial score (nSPS) is 23.6. The van der Waals surface area contributed by atoms with Crippen LogP contribution in [0.15, 0.2) is 30.3 Å². The molecule has 1 aromatic carbocycles. The van der Waals surface area contributed by atoms with Crippen molar-refractivity contribution < 1.29 is 13.9 Å². The monoisotopic (exact) mass is 481 g/mol. The van der Waals surface area contributed by atoms with Crippen LogP contribution in [0, 0.1) is 5.82 Å². The lowest BCUT2D eigenvalue weighted by atomic mass is 9.92. The smallest absolute Gasteiger partial charge is 0.129 e. The molecule has 3 atom stereocenters. The van der Waals surface area contributed by atoms with E-state index < -0.39 is 0 Å². The van der Waals surface area contributed by atoms with Crippen LogP contribution in [0.4, 0.5) is 10.2 Å². The third-order valence-electron chi connectivity index (χ3n) is 7.90. The Bertz CT molecular complexity index is 978. The lowest BCUT2D eigenvalue weighted by Gasteiger charge is -2.31. The summed E-state index contributed by atoms with van der Waals surface area (Å²) in [5.41, 5.74) is 4.37. The molecule has 3 aliphatic heterocycles. The molecule has 2 saturated heterocycles. The summed E-state index contributed by atoms with van der Waals surface area (Å²) in [6, 6.07) is 10.1. The first kappa shape index (κ1) is 24.7. The Hall–Kier alpha value is -2.02. The summed E-state index contributed by atoms with van der Waals surface area (Å²) in [6.07, 6.45) is 9.72. The van der Waals surface area contributed by atoms with Crippen LogP contribution < -0.4 is 5.32 Å². The number of ether oxygens (including phenoxy) is 2.